The number of fused-ring (bicyclic) bond motifs is 2. The van der Waals surface area contributed by atoms with Gasteiger partial charge in [0.1, 0.15) is 0 Å². The zero-order valence-corrected chi connectivity index (χ0v) is 12.2. The molecule has 3 atom stereocenters. The molecule has 3 rings (SSSR count). The van der Waals surface area contributed by atoms with Crippen LogP contribution in [-0.4, -0.2) is 5.78 Å². The average Bonchev–Trinajstić information content (AvgIpc) is 2.64. The summed E-state index contributed by atoms with van der Waals surface area (Å²) >= 11 is 0. The lowest BCUT2D eigenvalue weighted by atomic mass is 9.66. The lowest BCUT2D eigenvalue weighted by Crippen LogP contribution is -2.37. The number of rotatable bonds is 1. The van der Waals surface area contributed by atoms with Crippen molar-refractivity contribution in [1.29, 1.82) is 0 Å². The molecule has 0 radical (unpaired) electrons. The molecule has 1 aromatic carbocycles. The molecule has 2 fully saturated rings. The lowest BCUT2D eigenvalue weighted by molar-refractivity contribution is -0.127. The molecule has 2 aliphatic carbocycles. The van der Waals surface area contributed by atoms with Gasteiger partial charge in [-0.2, -0.15) is 0 Å². The Morgan fingerprint density at radius 1 is 1.16 bits per heavy atom. The number of Topliss-reactive ketones (excluding diaryl/α,β-unsaturated/α-hetero) is 1. The van der Waals surface area contributed by atoms with Gasteiger partial charge < -0.3 is 0 Å². The predicted molar refractivity (Wildman–Crippen MR) is 78.6 cm³/mol. The predicted octanol–water partition coefficient (Wildman–Crippen LogP) is 4.34. The first-order chi connectivity index (χ1) is 8.89. The maximum Gasteiger partial charge on any atom is 0.165 e. The lowest BCUT2D eigenvalue weighted by Gasteiger charge is -2.35. The smallest absolute Gasteiger partial charge is 0.165 e. The van der Waals surface area contributed by atoms with Gasteiger partial charge in [-0.05, 0) is 40.9 Å². The molecule has 2 bridgehead atoms. The van der Waals surface area contributed by atoms with Crippen molar-refractivity contribution in [2.75, 3.05) is 0 Å². The van der Waals surface area contributed by atoms with Crippen LogP contribution in [0.15, 0.2) is 35.9 Å². The minimum Gasteiger partial charge on any atom is -0.294 e. The summed E-state index contributed by atoms with van der Waals surface area (Å²) in [6.07, 6.45) is 3.26. The van der Waals surface area contributed by atoms with Gasteiger partial charge in [-0.25, -0.2) is 0 Å². The van der Waals surface area contributed by atoms with Crippen LogP contribution in [0.5, 0.6) is 0 Å². The molecule has 1 aromatic rings. The molecule has 0 N–H and O–H groups in total. The Balaban J connectivity index is 2.09. The highest BCUT2D eigenvalue weighted by molar-refractivity contribution is 6.08. The van der Waals surface area contributed by atoms with Crippen LogP contribution >= 0.6 is 0 Å². The summed E-state index contributed by atoms with van der Waals surface area (Å²) in [5, 5.41) is 0. The normalized spacial score (nSPS) is 38.1. The third-order valence-corrected chi connectivity index (χ3v) is 6.02. The highest BCUT2D eigenvalue weighted by Crippen LogP contribution is 2.68. The van der Waals surface area contributed by atoms with E-state index in [0.717, 1.165) is 17.6 Å². The first-order valence-electron chi connectivity index (χ1n) is 7.20. The number of hydrogen-bond donors (Lipinski definition) is 0. The van der Waals surface area contributed by atoms with E-state index in [0.29, 0.717) is 17.6 Å². The molecule has 3 unspecified atom stereocenters. The Kier molecular flexibility index (Phi) is 2.54. The molecule has 2 saturated carbocycles. The van der Waals surface area contributed by atoms with E-state index in [-0.39, 0.29) is 10.8 Å². The van der Waals surface area contributed by atoms with Crippen molar-refractivity contribution in [1.82, 2.24) is 0 Å². The standard InChI is InChI=1S/C18H22O/c1-12-10-15-14(11-13-8-6-5-7-9-13)16(19)18(12,4)17(15,2)3/h5-9,11-12,15H,10H2,1-4H3. The van der Waals surface area contributed by atoms with Gasteiger partial charge in [0, 0.05) is 5.41 Å². The Bertz CT molecular complexity index is 552. The SMILES string of the molecule is CC1CC2C(=Cc3ccccc3)C(=O)C1(C)C2(C)C. The Labute approximate surface area is 115 Å². The molecule has 0 amide bonds. The van der Waals surface area contributed by atoms with E-state index >= 15 is 0 Å². The maximum absolute atomic E-state index is 12.9. The van der Waals surface area contributed by atoms with Gasteiger partial charge in [0.25, 0.3) is 0 Å². The van der Waals surface area contributed by atoms with Gasteiger partial charge in [0.2, 0.25) is 0 Å². The van der Waals surface area contributed by atoms with Crippen LogP contribution in [0.25, 0.3) is 6.08 Å². The fourth-order valence-electron chi connectivity index (χ4n) is 4.27. The van der Waals surface area contributed by atoms with Gasteiger partial charge in [-0.1, -0.05) is 58.0 Å². The molecule has 0 aromatic heterocycles. The van der Waals surface area contributed by atoms with Crippen molar-refractivity contribution in [3.63, 3.8) is 0 Å². The molecule has 0 spiro atoms. The van der Waals surface area contributed by atoms with Crippen LogP contribution in [0.4, 0.5) is 0 Å². The summed E-state index contributed by atoms with van der Waals surface area (Å²) in [4.78, 5) is 12.9. The van der Waals surface area contributed by atoms with Gasteiger partial charge in [-0.3, -0.25) is 4.79 Å². The molecule has 1 nitrogen and oxygen atoms in total. The molecular formula is C18H22O. The summed E-state index contributed by atoms with van der Waals surface area (Å²) in [7, 11) is 0. The van der Waals surface area contributed by atoms with Gasteiger partial charge in [0.15, 0.2) is 5.78 Å². The third-order valence-electron chi connectivity index (χ3n) is 6.02. The second-order valence-corrected chi connectivity index (χ2v) is 6.95. The van der Waals surface area contributed by atoms with E-state index < -0.39 is 0 Å². The first kappa shape index (κ1) is 12.7. The largest absolute Gasteiger partial charge is 0.294 e. The van der Waals surface area contributed by atoms with Crippen LogP contribution in [0.3, 0.4) is 0 Å². The zero-order valence-electron chi connectivity index (χ0n) is 12.2. The van der Waals surface area contributed by atoms with E-state index in [4.69, 9.17) is 0 Å². The number of ketones is 1. The molecule has 0 saturated heterocycles. The van der Waals surface area contributed by atoms with Crippen LogP contribution in [0.1, 0.15) is 39.7 Å². The number of allylic oxidation sites excluding steroid dienone is 1. The molecule has 1 heteroatoms. The minimum absolute atomic E-state index is 0.0874. The van der Waals surface area contributed by atoms with Crippen LogP contribution in [0, 0.1) is 22.7 Å². The number of benzene rings is 1. The molecule has 2 aliphatic rings. The fourth-order valence-corrected chi connectivity index (χ4v) is 4.27. The molecular weight excluding hydrogens is 232 g/mol. The van der Waals surface area contributed by atoms with E-state index in [1.54, 1.807) is 0 Å². The summed E-state index contributed by atoms with van der Waals surface area (Å²) in [6, 6.07) is 10.2. The van der Waals surface area contributed by atoms with E-state index in [2.05, 4.69) is 45.9 Å². The van der Waals surface area contributed by atoms with Crippen LogP contribution in [-0.2, 0) is 4.79 Å². The van der Waals surface area contributed by atoms with Crippen molar-refractivity contribution in [2.45, 2.75) is 34.1 Å². The second kappa shape index (κ2) is 3.82. The molecule has 0 heterocycles. The van der Waals surface area contributed by atoms with E-state index in [9.17, 15) is 4.79 Å². The highest BCUT2D eigenvalue weighted by Gasteiger charge is 2.67. The van der Waals surface area contributed by atoms with Crippen LogP contribution in [0.2, 0.25) is 0 Å². The Morgan fingerprint density at radius 3 is 2.32 bits per heavy atom. The second-order valence-electron chi connectivity index (χ2n) is 6.95. The number of hydrogen-bond acceptors (Lipinski definition) is 1. The van der Waals surface area contributed by atoms with Crippen molar-refractivity contribution < 1.29 is 4.79 Å². The monoisotopic (exact) mass is 254 g/mol. The topological polar surface area (TPSA) is 17.1 Å². The van der Waals surface area contributed by atoms with Gasteiger partial charge in [0.05, 0.1) is 0 Å². The summed E-state index contributed by atoms with van der Waals surface area (Å²) < 4.78 is 0. The minimum atomic E-state index is -0.182. The summed E-state index contributed by atoms with van der Waals surface area (Å²) in [5.41, 5.74) is 2.10. The first-order valence-corrected chi connectivity index (χ1v) is 7.20. The van der Waals surface area contributed by atoms with Crippen molar-refractivity contribution >= 4 is 11.9 Å². The van der Waals surface area contributed by atoms with E-state index in [1.807, 2.05) is 18.2 Å². The number of carbonyl (C=O) groups is 1. The molecule has 19 heavy (non-hydrogen) atoms. The maximum atomic E-state index is 12.9. The van der Waals surface area contributed by atoms with Gasteiger partial charge >= 0.3 is 0 Å². The summed E-state index contributed by atoms with van der Waals surface area (Å²) in [6.45, 7) is 8.95. The number of carbonyl (C=O) groups excluding carboxylic acids is 1. The highest BCUT2D eigenvalue weighted by atomic mass is 16.1. The Hall–Kier alpha value is -1.37. The fraction of sp³-hybridized carbons (Fsp3) is 0.500. The Morgan fingerprint density at radius 2 is 1.79 bits per heavy atom. The van der Waals surface area contributed by atoms with E-state index in [1.165, 1.54) is 0 Å². The molecule has 0 aliphatic heterocycles. The summed E-state index contributed by atoms with van der Waals surface area (Å²) in [5.74, 6) is 1.29. The van der Waals surface area contributed by atoms with Crippen molar-refractivity contribution in [3.8, 4) is 0 Å². The third kappa shape index (κ3) is 1.45. The van der Waals surface area contributed by atoms with Crippen molar-refractivity contribution in [3.05, 3.63) is 41.5 Å². The van der Waals surface area contributed by atoms with Crippen molar-refractivity contribution in [2.24, 2.45) is 22.7 Å². The zero-order chi connectivity index (χ0) is 13.8. The van der Waals surface area contributed by atoms with Gasteiger partial charge in [-0.15, -0.1) is 0 Å². The van der Waals surface area contributed by atoms with Crippen LogP contribution < -0.4 is 0 Å². The molecule has 100 valence electrons. The average molecular weight is 254 g/mol. The quantitative estimate of drug-likeness (QED) is 0.681.